The molecule has 2 aromatic carbocycles. The van der Waals surface area contributed by atoms with Crippen molar-refractivity contribution >= 4 is 28.7 Å². The van der Waals surface area contributed by atoms with E-state index in [-0.39, 0.29) is 17.7 Å². The van der Waals surface area contributed by atoms with Gasteiger partial charge in [0.1, 0.15) is 17.7 Å². The Morgan fingerprint density at radius 1 is 0.952 bits per heavy atom. The van der Waals surface area contributed by atoms with Crippen LogP contribution in [0.15, 0.2) is 60.7 Å². The molecule has 42 heavy (non-hydrogen) atoms. The average molecular weight is 578 g/mol. The number of alkyl halides is 2. The highest BCUT2D eigenvalue weighted by Gasteiger charge is 2.36. The highest BCUT2D eigenvalue weighted by atomic mass is 19.3. The Hall–Kier alpha value is -4.16. The molecule has 12 heteroatoms. The second-order valence-electron chi connectivity index (χ2n) is 10.7. The Morgan fingerprint density at radius 2 is 1.62 bits per heavy atom. The third kappa shape index (κ3) is 5.51. The van der Waals surface area contributed by atoms with E-state index in [1.54, 1.807) is 42.2 Å². The molecule has 4 heterocycles. The first-order valence-corrected chi connectivity index (χ1v) is 14.1. The van der Waals surface area contributed by atoms with Gasteiger partial charge in [0.25, 0.3) is 6.43 Å². The minimum atomic E-state index is -2.83. The van der Waals surface area contributed by atoms with E-state index in [1.807, 2.05) is 35.2 Å². The van der Waals surface area contributed by atoms with Gasteiger partial charge >= 0.3 is 0 Å². The molecular formula is C30H33F2N7O3. The third-order valence-corrected chi connectivity index (χ3v) is 7.97. The van der Waals surface area contributed by atoms with Crippen molar-refractivity contribution in [3.8, 4) is 5.82 Å². The summed E-state index contributed by atoms with van der Waals surface area (Å²) in [6.45, 7) is 4.70. The van der Waals surface area contributed by atoms with E-state index in [2.05, 4.69) is 20.3 Å². The van der Waals surface area contributed by atoms with Gasteiger partial charge < -0.3 is 25.0 Å². The molecule has 2 aromatic heterocycles. The summed E-state index contributed by atoms with van der Waals surface area (Å²) < 4.78 is 35.1. The molecule has 0 saturated carbocycles. The van der Waals surface area contributed by atoms with E-state index in [0.29, 0.717) is 69.1 Å². The van der Waals surface area contributed by atoms with Crippen molar-refractivity contribution in [2.75, 3.05) is 49.6 Å². The number of hydrogen-bond acceptors (Lipinski definition) is 8. The number of likely N-dealkylation sites (tertiary alicyclic amines) is 1. The van der Waals surface area contributed by atoms with Gasteiger partial charge in [0.15, 0.2) is 5.82 Å². The summed E-state index contributed by atoms with van der Waals surface area (Å²) in [6, 6.07) is 17.4. The molecule has 10 nitrogen and oxygen atoms in total. The van der Waals surface area contributed by atoms with Crippen molar-refractivity contribution in [2.45, 2.75) is 37.8 Å². The Bertz CT molecular complexity index is 1550. The van der Waals surface area contributed by atoms with E-state index in [1.165, 1.54) is 4.57 Å². The highest BCUT2D eigenvalue weighted by molar-refractivity contribution is 5.84. The molecule has 0 spiro atoms. The number of nitrogens with zero attached hydrogens (tertiary/aromatic N) is 6. The maximum Gasteiger partial charge on any atom is 0.296 e. The maximum absolute atomic E-state index is 14.2. The summed E-state index contributed by atoms with van der Waals surface area (Å²) in [5.41, 5.74) is 0.792. The van der Waals surface area contributed by atoms with E-state index in [0.717, 1.165) is 5.56 Å². The summed E-state index contributed by atoms with van der Waals surface area (Å²) in [5, 5.41) is 14.3. The van der Waals surface area contributed by atoms with Crippen molar-refractivity contribution in [1.82, 2.24) is 24.4 Å². The number of benzene rings is 2. The fraction of sp³-hybridized carbons (Fsp3) is 0.400. The number of fused-ring (bicyclic) bond motifs is 1. The number of morpholine rings is 1. The minimum Gasteiger partial charge on any atom is -0.385 e. The predicted octanol–water partition coefficient (Wildman–Crippen LogP) is 3.90. The van der Waals surface area contributed by atoms with Gasteiger partial charge in [-0.2, -0.15) is 9.97 Å². The van der Waals surface area contributed by atoms with Crippen LogP contribution in [0.25, 0.3) is 16.9 Å². The molecule has 6 rings (SSSR count). The van der Waals surface area contributed by atoms with Gasteiger partial charge in [-0.1, -0.05) is 42.5 Å². The lowest BCUT2D eigenvalue weighted by Gasteiger charge is -2.39. The topological polar surface area (TPSA) is 109 Å². The standard InChI is InChI=1S/C30H33F2N7O3/c1-20(28(40)38-13-11-30(41,12-14-38)21-7-3-2-4-8-21)33-29-35-24(37-15-17-42-18-16-37)19-25(36-29)39-23-10-6-5-9-22(23)34-27(39)26(31)32/h2-10,19-20,26,41H,11-18H2,1H3,(H,33,35,36)/t20-/m0/s1. The van der Waals surface area contributed by atoms with Crippen molar-refractivity contribution < 1.29 is 23.4 Å². The van der Waals surface area contributed by atoms with Gasteiger partial charge in [-0.25, -0.2) is 13.8 Å². The molecule has 1 atom stereocenters. The minimum absolute atomic E-state index is 0.144. The molecule has 2 aliphatic rings. The first-order valence-electron chi connectivity index (χ1n) is 14.1. The molecule has 1 amide bonds. The van der Waals surface area contributed by atoms with Crippen molar-refractivity contribution in [2.24, 2.45) is 0 Å². The fourth-order valence-electron chi connectivity index (χ4n) is 5.65. The van der Waals surface area contributed by atoms with Crippen molar-refractivity contribution in [1.29, 1.82) is 0 Å². The summed E-state index contributed by atoms with van der Waals surface area (Å²) in [4.78, 5) is 30.6. The van der Waals surface area contributed by atoms with E-state index < -0.39 is 23.9 Å². The van der Waals surface area contributed by atoms with Crippen LogP contribution >= 0.6 is 0 Å². The lowest BCUT2D eigenvalue weighted by atomic mass is 9.84. The number of halogens is 2. The largest absolute Gasteiger partial charge is 0.385 e. The molecule has 0 bridgehead atoms. The number of anilines is 2. The second-order valence-corrected chi connectivity index (χ2v) is 10.7. The number of nitrogens with one attached hydrogen (secondary N) is 1. The Balaban J connectivity index is 1.27. The van der Waals surface area contributed by atoms with Gasteiger partial charge in [0.2, 0.25) is 11.9 Å². The molecular weight excluding hydrogens is 544 g/mol. The first kappa shape index (κ1) is 28.0. The zero-order valence-electron chi connectivity index (χ0n) is 23.3. The molecule has 220 valence electrons. The summed E-state index contributed by atoms with van der Waals surface area (Å²) in [6.07, 6.45) is -1.98. The van der Waals surface area contributed by atoms with Crippen LogP contribution in [0.1, 0.15) is 37.6 Å². The van der Waals surface area contributed by atoms with Crippen LogP contribution in [-0.2, 0) is 15.1 Å². The SMILES string of the molecule is C[C@H](Nc1nc(N2CCOCC2)cc(-n2c(C(F)F)nc3ccccc32)n1)C(=O)N1CCC(O)(c2ccccc2)CC1. The first-order chi connectivity index (χ1) is 20.3. The molecule has 2 N–H and O–H groups in total. The number of rotatable bonds is 7. The average Bonchev–Trinajstić information content (AvgIpc) is 3.42. The number of imidazole rings is 1. The monoisotopic (exact) mass is 577 g/mol. The number of para-hydroxylation sites is 2. The van der Waals surface area contributed by atoms with E-state index in [4.69, 9.17) is 4.74 Å². The van der Waals surface area contributed by atoms with Gasteiger partial charge in [-0.3, -0.25) is 9.36 Å². The second kappa shape index (κ2) is 11.6. The zero-order valence-corrected chi connectivity index (χ0v) is 23.3. The number of carbonyl (C=O) groups is 1. The zero-order chi connectivity index (χ0) is 29.3. The van der Waals surface area contributed by atoms with Crippen LogP contribution in [0.5, 0.6) is 0 Å². The molecule has 0 radical (unpaired) electrons. The maximum atomic E-state index is 14.2. The number of amides is 1. The predicted molar refractivity (Wildman–Crippen MR) is 154 cm³/mol. The highest BCUT2D eigenvalue weighted by Crippen LogP contribution is 2.33. The smallest absolute Gasteiger partial charge is 0.296 e. The molecule has 2 saturated heterocycles. The van der Waals surface area contributed by atoms with Crippen LogP contribution in [0.3, 0.4) is 0 Å². The quantitative estimate of drug-likeness (QED) is 0.341. The number of ether oxygens (including phenoxy) is 1. The third-order valence-electron chi connectivity index (χ3n) is 7.97. The molecule has 0 unspecified atom stereocenters. The Kier molecular flexibility index (Phi) is 7.74. The number of aliphatic hydroxyl groups is 1. The molecule has 2 fully saturated rings. The lowest BCUT2D eigenvalue weighted by molar-refractivity contribution is -0.136. The number of hydrogen-bond donors (Lipinski definition) is 2. The summed E-state index contributed by atoms with van der Waals surface area (Å²) >= 11 is 0. The van der Waals surface area contributed by atoms with E-state index in [9.17, 15) is 18.7 Å². The molecule has 0 aliphatic carbocycles. The van der Waals surface area contributed by atoms with Gasteiger partial charge in [-0.15, -0.1) is 0 Å². The lowest BCUT2D eigenvalue weighted by Crippen LogP contribution is -2.49. The van der Waals surface area contributed by atoms with Crippen LogP contribution in [0.4, 0.5) is 20.5 Å². The van der Waals surface area contributed by atoms with Crippen molar-refractivity contribution in [3.05, 3.63) is 72.1 Å². The van der Waals surface area contributed by atoms with E-state index >= 15 is 0 Å². The van der Waals surface area contributed by atoms with Crippen molar-refractivity contribution in [3.63, 3.8) is 0 Å². The summed E-state index contributed by atoms with van der Waals surface area (Å²) in [7, 11) is 0. The Labute approximate surface area is 242 Å². The van der Waals surface area contributed by atoms with Gasteiger partial charge in [0.05, 0.1) is 29.8 Å². The van der Waals surface area contributed by atoms with Gasteiger partial charge in [0, 0.05) is 32.2 Å². The number of aromatic nitrogens is 4. The van der Waals surface area contributed by atoms with Crippen LogP contribution in [0.2, 0.25) is 0 Å². The Morgan fingerprint density at radius 3 is 2.33 bits per heavy atom. The molecule has 2 aliphatic heterocycles. The molecule has 4 aromatic rings. The van der Waals surface area contributed by atoms with Crippen LogP contribution in [-0.4, -0.2) is 80.9 Å². The summed E-state index contributed by atoms with van der Waals surface area (Å²) in [5.74, 6) is 0.328. The fourth-order valence-corrected chi connectivity index (χ4v) is 5.65. The van der Waals surface area contributed by atoms with Gasteiger partial charge in [-0.05, 0) is 37.5 Å². The number of piperidine rings is 1. The van der Waals surface area contributed by atoms with Crippen LogP contribution < -0.4 is 10.2 Å². The van der Waals surface area contributed by atoms with Crippen LogP contribution in [0, 0.1) is 0 Å². The normalized spacial score (nSPS) is 17.9. The number of carbonyl (C=O) groups excluding carboxylic acids is 1.